The Kier molecular flexibility index (Phi) is 4.15. The highest BCUT2D eigenvalue weighted by Gasteiger charge is 2.22. The van der Waals surface area contributed by atoms with E-state index in [9.17, 15) is 0 Å². The van der Waals surface area contributed by atoms with Crippen LogP contribution in [0.3, 0.4) is 0 Å². The minimum Gasteiger partial charge on any atom is -0.494 e. The largest absolute Gasteiger partial charge is 0.494 e. The van der Waals surface area contributed by atoms with Crippen molar-refractivity contribution in [2.75, 3.05) is 24.6 Å². The van der Waals surface area contributed by atoms with Crippen LogP contribution in [-0.2, 0) is 0 Å². The molecule has 1 heterocycles. The number of hydrogen-bond donors (Lipinski definition) is 0. The lowest BCUT2D eigenvalue weighted by atomic mass is 9.85. The predicted octanol–water partition coefficient (Wildman–Crippen LogP) is 4.10. The normalized spacial score (nSPS) is 19.4. The van der Waals surface area contributed by atoms with Gasteiger partial charge in [0.2, 0.25) is 0 Å². The van der Waals surface area contributed by atoms with Crippen LogP contribution in [0.15, 0.2) is 24.3 Å². The van der Waals surface area contributed by atoms with Crippen LogP contribution < -0.4 is 9.64 Å². The summed E-state index contributed by atoms with van der Waals surface area (Å²) in [7, 11) is 0. The molecular weight excluding hydrogens is 222 g/mol. The third-order valence-corrected chi connectivity index (χ3v) is 3.85. The van der Waals surface area contributed by atoms with E-state index >= 15 is 0 Å². The molecule has 2 heteroatoms. The van der Waals surface area contributed by atoms with Gasteiger partial charge >= 0.3 is 0 Å². The van der Waals surface area contributed by atoms with Gasteiger partial charge < -0.3 is 9.64 Å². The number of rotatable bonds is 3. The predicted molar refractivity (Wildman–Crippen MR) is 77.5 cm³/mol. The highest BCUT2D eigenvalue weighted by molar-refractivity contribution is 5.49. The number of anilines is 1. The van der Waals surface area contributed by atoms with Gasteiger partial charge in [0.25, 0.3) is 0 Å². The second-order valence-corrected chi connectivity index (χ2v) is 5.93. The van der Waals surface area contributed by atoms with Crippen molar-refractivity contribution in [3.8, 4) is 5.75 Å². The zero-order valence-corrected chi connectivity index (χ0v) is 11.9. The van der Waals surface area contributed by atoms with E-state index in [4.69, 9.17) is 4.74 Å². The van der Waals surface area contributed by atoms with Gasteiger partial charge in [0, 0.05) is 18.8 Å². The standard InChI is InChI=1S/C16H25NO/c1-4-18-15-8-6-14(7-9-15)17-12-5-10-16(2,3)11-13-17/h6-9H,4-5,10-13H2,1-3H3. The van der Waals surface area contributed by atoms with Crippen molar-refractivity contribution in [1.82, 2.24) is 0 Å². The van der Waals surface area contributed by atoms with Gasteiger partial charge in [0.1, 0.15) is 5.75 Å². The van der Waals surface area contributed by atoms with Gasteiger partial charge in [-0.1, -0.05) is 13.8 Å². The SMILES string of the molecule is CCOc1ccc(N2CCCC(C)(C)CC2)cc1. The first kappa shape index (κ1) is 13.3. The summed E-state index contributed by atoms with van der Waals surface area (Å²) in [6.07, 6.45) is 3.90. The first-order valence-corrected chi connectivity index (χ1v) is 7.08. The summed E-state index contributed by atoms with van der Waals surface area (Å²) in [5.41, 5.74) is 1.83. The van der Waals surface area contributed by atoms with E-state index in [0.29, 0.717) is 5.41 Å². The molecule has 0 aliphatic carbocycles. The van der Waals surface area contributed by atoms with Crippen LogP contribution >= 0.6 is 0 Å². The van der Waals surface area contributed by atoms with Gasteiger partial charge in [0.15, 0.2) is 0 Å². The van der Waals surface area contributed by atoms with Crippen molar-refractivity contribution in [3.63, 3.8) is 0 Å². The first-order chi connectivity index (χ1) is 8.61. The minimum atomic E-state index is 0.500. The Balaban J connectivity index is 2.02. The fraction of sp³-hybridized carbons (Fsp3) is 0.625. The molecule has 2 nitrogen and oxygen atoms in total. The maximum atomic E-state index is 5.49. The molecule has 1 fully saturated rings. The fourth-order valence-corrected chi connectivity index (χ4v) is 2.60. The van der Waals surface area contributed by atoms with Crippen LogP contribution in [0.4, 0.5) is 5.69 Å². The molecule has 1 aromatic carbocycles. The first-order valence-electron chi connectivity index (χ1n) is 7.08. The number of nitrogens with zero attached hydrogens (tertiary/aromatic N) is 1. The average molecular weight is 247 g/mol. The van der Waals surface area contributed by atoms with Crippen LogP contribution in [0, 0.1) is 5.41 Å². The second kappa shape index (κ2) is 5.64. The molecule has 0 radical (unpaired) electrons. The molecule has 0 bridgehead atoms. The van der Waals surface area contributed by atoms with Crippen LogP contribution in [0.25, 0.3) is 0 Å². The lowest BCUT2D eigenvalue weighted by molar-refractivity contribution is 0.325. The summed E-state index contributed by atoms with van der Waals surface area (Å²) in [6.45, 7) is 9.86. The van der Waals surface area contributed by atoms with E-state index < -0.39 is 0 Å². The zero-order valence-electron chi connectivity index (χ0n) is 11.9. The summed E-state index contributed by atoms with van der Waals surface area (Å²) < 4.78 is 5.49. The molecule has 0 atom stereocenters. The molecule has 1 saturated heterocycles. The van der Waals surface area contributed by atoms with Gasteiger partial charge in [-0.25, -0.2) is 0 Å². The molecule has 100 valence electrons. The van der Waals surface area contributed by atoms with E-state index in [1.54, 1.807) is 0 Å². The van der Waals surface area contributed by atoms with E-state index in [-0.39, 0.29) is 0 Å². The molecule has 2 rings (SSSR count). The summed E-state index contributed by atoms with van der Waals surface area (Å²) in [4.78, 5) is 2.50. The van der Waals surface area contributed by atoms with Crippen LogP contribution in [0.1, 0.15) is 40.0 Å². The maximum absolute atomic E-state index is 5.49. The quantitative estimate of drug-likeness (QED) is 0.797. The van der Waals surface area contributed by atoms with Crippen LogP contribution in [0.2, 0.25) is 0 Å². The second-order valence-electron chi connectivity index (χ2n) is 5.93. The van der Waals surface area contributed by atoms with E-state index in [1.165, 1.54) is 38.0 Å². The Morgan fingerprint density at radius 2 is 1.83 bits per heavy atom. The summed E-state index contributed by atoms with van der Waals surface area (Å²) >= 11 is 0. The molecule has 0 spiro atoms. The van der Waals surface area contributed by atoms with Crippen LogP contribution in [-0.4, -0.2) is 19.7 Å². The number of hydrogen-bond acceptors (Lipinski definition) is 2. The smallest absolute Gasteiger partial charge is 0.119 e. The third-order valence-electron chi connectivity index (χ3n) is 3.85. The van der Waals surface area contributed by atoms with Gasteiger partial charge in [-0.15, -0.1) is 0 Å². The molecule has 0 unspecified atom stereocenters. The lowest BCUT2D eigenvalue weighted by Gasteiger charge is -2.25. The summed E-state index contributed by atoms with van der Waals surface area (Å²) in [6, 6.07) is 8.52. The summed E-state index contributed by atoms with van der Waals surface area (Å²) in [5.74, 6) is 0.969. The molecule has 0 saturated carbocycles. The monoisotopic (exact) mass is 247 g/mol. The average Bonchev–Trinajstić information content (AvgIpc) is 2.52. The van der Waals surface area contributed by atoms with Crippen molar-refractivity contribution in [1.29, 1.82) is 0 Å². The van der Waals surface area contributed by atoms with Gasteiger partial charge in [-0.05, 0) is 55.9 Å². The van der Waals surface area contributed by atoms with Crippen molar-refractivity contribution in [3.05, 3.63) is 24.3 Å². The molecule has 18 heavy (non-hydrogen) atoms. The Morgan fingerprint density at radius 1 is 1.11 bits per heavy atom. The number of ether oxygens (including phenoxy) is 1. The zero-order chi connectivity index (χ0) is 13.0. The van der Waals surface area contributed by atoms with Crippen molar-refractivity contribution in [2.24, 2.45) is 5.41 Å². The lowest BCUT2D eigenvalue weighted by Crippen LogP contribution is -2.24. The topological polar surface area (TPSA) is 12.5 Å². The van der Waals surface area contributed by atoms with Gasteiger partial charge in [-0.2, -0.15) is 0 Å². The Labute approximate surface area is 111 Å². The molecule has 0 aromatic heterocycles. The third kappa shape index (κ3) is 3.41. The molecule has 1 aromatic rings. The Bertz CT molecular complexity index is 369. The molecule has 0 amide bonds. The van der Waals surface area contributed by atoms with Crippen molar-refractivity contribution >= 4 is 5.69 Å². The van der Waals surface area contributed by atoms with E-state index in [1.807, 2.05) is 6.92 Å². The molecule has 1 aliphatic rings. The summed E-state index contributed by atoms with van der Waals surface area (Å²) in [5, 5.41) is 0. The fourth-order valence-electron chi connectivity index (χ4n) is 2.60. The Hall–Kier alpha value is -1.18. The van der Waals surface area contributed by atoms with Gasteiger partial charge in [0.05, 0.1) is 6.61 Å². The molecular formula is C16H25NO. The highest BCUT2D eigenvalue weighted by atomic mass is 16.5. The Morgan fingerprint density at radius 3 is 2.50 bits per heavy atom. The van der Waals surface area contributed by atoms with Crippen molar-refractivity contribution in [2.45, 2.75) is 40.0 Å². The maximum Gasteiger partial charge on any atom is 0.119 e. The molecule has 1 aliphatic heterocycles. The van der Waals surface area contributed by atoms with Crippen LogP contribution in [0.5, 0.6) is 5.75 Å². The van der Waals surface area contributed by atoms with Gasteiger partial charge in [-0.3, -0.25) is 0 Å². The molecule has 0 N–H and O–H groups in total. The van der Waals surface area contributed by atoms with E-state index in [0.717, 1.165) is 12.4 Å². The number of benzene rings is 1. The highest BCUT2D eigenvalue weighted by Crippen LogP contribution is 2.32. The minimum absolute atomic E-state index is 0.500. The van der Waals surface area contributed by atoms with Crippen molar-refractivity contribution < 1.29 is 4.74 Å². The van der Waals surface area contributed by atoms with E-state index in [2.05, 4.69) is 43.0 Å².